The predicted octanol–water partition coefficient (Wildman–Crippen LogP) is 3.12. The van der Waals surface area contributed by atoms with Crippen molar-refractivity contribution in [2.24, 2.45) is 0 Å². The lowest BCUT2D eigenvalue weighted by Crippen LogP contribution is -2.05. The Bertz CT molecular complexity index is 613. The average Bonchev–Trinajstić information content (AvgIpc) is 2.32. The molecule has 0 radical (unpaired) electrons. The van der Waals surface area contributed by atoms with Crippen LogP contribution >= 0.6 is 11.6 Å². The smallest absolute Gasteiger partial charge is 0.356 e. The summed E-state index contributed by atoms with van der Waals surface area (Å²) in [7, 11) is 1.23. The molecule has 1 heterocycles. The van der Waals surface area contributed by atoms with Gasteiger partial charge in [0, 0.05) is 10.8 Å². The minimum absolute atomic E-state index is 0.00509. The van der Waals surface area contributed by atoms with Crippen molar-refractivity contribution in [1.82, 2.24) is 4.98 Å². The number of halogens is 2. The number of methoxy groups -OCH3 is 1. The normalized spacial score (nSPS) is 10.6. The molecular formula is C12H9ClFNO2. The lowest BCUT2D eigenvalue weighted by Gasteiger charge is -2.07. The third-order valence-electron chi connectivity index (χ3n) is 2.50. The second kappa shape index (κ2) is 4.30. The van der Waals surface area contributed by atoms with Crippen LogP contribution < -0.4 is 0 Å². The molecule has 0 unspecified atom stereocenters. The number of pyridine rings is 1. The molecule has 0 saturated heterocycles. The Morgan fingerprint density at radius 1 is 1.47 bits per heavy atom. The number of esters is 1. The maximum Gasteiger partial charge on any atom is 0.356 e. The molecule has 2 aromatic rings. The van der Waals surface area contributed by atoms with Crippen LogP contribution in [0.3, 0.4) is 0 Å². The maximum atomic E-state index is 13.7. The number of benzene rings is 1. The summed E-state index contributed by atoms with van der Waals surface area (Å²) in [5.41, 5.74) is 0.796. The molecule has 0 amide bonds. The highest BCUT2D eigenvalue weighted by atomic mass is 35.5. The second-order valence-corrected chi connectivity index (χ2v) is 3.93. The van der Waals surface area contributed by atoms with Gasteiger partial charge in [-0.25, -0.2) is 14.2 Å². The van der Waals surface area contributed by atoms with Gasteiger partial charge in [0.2, 0.25) is 0 Å². The Labute approximate surface area is 102 Å². The average molecular weight is 254 g/mol. The monoisotopic (exact) mass is 253 g/mol. The zero-order valence-corrected chi connectivity index (χ0v) is 10.0. The first kappa shape index (κ1) is 11.8. The summed E-state index contributed by atoms with van der Waals surface area (Å²) in [6.07, 6.45) is 0. The molecule has 0 atom stereocenters. The van der Waals surface area contributed by atoms with Crippen LogP contribution in [0.1, 0.15) is 16.1 Å². The van der Waals surface area contributed by atoms with Crippen LogP contribution in [0.15, 0.2) is 18.2 Å². The van der Waals surface area contributed by atoms with Crippen LogP contribution in [0, 0.1) is 12.7 Å². The molecule has 0 N–H and O–H groups in total. The highest BCUT2D eigenvalue weighted by Crippen LogP contribution is 2.28. The van der Waals surface area contributed by atoms with Crippen molar-refractivity contribution in [1.29, 1.82) is 0 Å². The zero-order valence-electron chi connectivity index (χ0n) is 9.25. The number of carbonyl (C=O) groups is 1. The Balaban J connectivity index is 2.82. The molecule has 0 aliphatic carbocycles. The van der Waals surface area contributed by atoms with E-state index in [0.29, 0.717) is 5.39 Å². The van der Waals surface area contributed by atoms with Crippen LogP contribution in [0.2, 0.25) is 5.15 Å². The summed E-state index contributed by atoms with van der Waals surface area (Å²) in [6, 6.07) is 4.29. The number of hydrogen-bond donors (Lipinski definition) is 0. The van der Waals surface area contributed by atoms with E-state index in [1.807, 2.05) is 0 Å². The Morgan fingerprint density at radius 2 is 2.18 bits per heavy atom. The summed E-state index contributed by atoms with van der Waals surface area (Å²) < 4.78 is 18.2. The van der Waals surface area contributed by atoms with Crippen molar-refractivity contribution >= 4 is 28.3 Å². The molecule has 0 aliphatic rings. The van der Waals surface area contributed by atoms with Gasteiger partial charge in [-0.2, -0.15) is 0 Å². The minimum atomic E-state index is -0.644. The molecule has 0 bridgehead atoms. The molecule has 88 valence electrons. The van der Waals surface area contributed by atoms with Crippen LogP contribution in [-0.2, 0) is 4.74 Å². The first-order valence-corrected chi connectivity index (χ1v) is 5.26. The third kappa shape index (κ3) is 1.96. The van der Waals surface area contributed by atoms with Crippen LogP contribution in [0.25, 0.3) is 10.8 Å². The summed E-state index contributed by atoms with van der Waals surface area (Å²) >= 11 is 5.95. The lowest BCUT2D eigenvalue weighted by atomic mass is 10.1. The summed E-state index contributed by atoms with van der Waals surface area (Å²) in [5, 5.41) is 0.879. The van der Waals surface area contributed by atoms with Crippen molar-refractivity contribution in [2.45, 2.75) is 6.92 Å². The fraction of sp³-hybridized carbons (Fsp3) is 0.167. The van der Waals surface area contributed by atoms with E-state index in [0.717, 1.165) is 5.56 Å². The number of aryl methyl sites for hydroxylation is 1. The van der Waals surface area contributed by atoms with E-state index in [1.54, 1.807) is 13.0 Å². The van der Waals surface area contributed by atoms with Gasteiger partial charge in [-0.05, 0) is 24.6 Å². The Morgan fingerprint density at radius 3 is 2.82 bits per heavy atom. The van der Waals surface area contributed by atoms with E-state index in [1.165, 1.54) is 19.2 Å². The van der Waals surface area contributed by atoms with Crippen LogP contribution in [0.5, 0.6) is 0 Å². The van der Waals surface area contributed by atoms with Gasteiger partial charge in [0.1, 0.15) is 11.0 Å². The van der Waals surface area contributed by atoms with Gasteiger partial charge in [0.05, 0.1) is 7.11 Å². The number of rotatable bonds is 1. The van der Waals surface area contributed by atoms with Crippen molar-refractivity contribution in [3.8, 4) is 0 Å². The van der Waals surface area contributed by atoms with Crippen molar-refractivity contribution in [3.05, 3.63) is 40.4 Å². The molecule has 0 spiro atoms. The van der Waals surface area contributed by atoms with Gasteiger partial charge in [0.25, 0.3) is 0 Å². The fourth-order valence-corrected chi connectivity index (χ4v) is 2.00. The molecule has 17 heavy (non-hydrogen) atoms. The number of hydrogen-bond acceptors (Lipinski definition) is 3. The van der Waals surface area contributed by atoms with E-state index < -0.39 is 11.8 Å². The number of nitrogens with zero attached hydrogens (tertiary/aromatic N) is 1. The van der Waals surface area contributed by atoms with Gasteiger partial charge in [-0.1, -0.05) is 17.7 Å². The second-order valence-electron chi connectivity index (χ2n) is 3.58. The van der Waals surface area contributed by atoms with E-state index in [-0.39, 0.29) is 16.2 Å². The van der Waals surface area contributed by atoms with Gasteiger partial charge in [-0.3, -0.25) is 0 Å². The van der Waals surface area contributed by atoms with Crippen molar-refractivity contribution in [3.63, 3.8) is 0 Å². The maximum absolute atomic E-state index is 13.7. The molecule has 0 aliphatic heterocycles. The highest BCUT2D eigenvalue weighted by Gasteiger charge is 2.14. The van der Waals surface area contributed by atoms with E-state index in [9.17, 15) is 9.18 Å². The number of aromatic nitrogens is 1. The Hall–Kier alpha value is -1.68. The molecule has 1 aromatic carbocycles. The molecular weight excluding hydrogens is 245 g/mol. The first-order valence-electron chi connectivity index (χ1n) is 4.88. The van der Waals surface area contributed by atoms with Crippen LogP contribution in [-0.4, -0.2) is 18.1 Å². The number of carbonyl (C=O) groups excluding carboxylic acids is 1. The Kier molecular flexibility index (Phi) is 2.98. The fourth-order valence-electron chi connectivity index (χ4n) is 1.66. The van der Waals surface area contributed by atoms with E-state index >= 15 is 0 Å². The van der Waals surface area contributed by atoms with Gasteiger partial charge in [0.15, 0.2) is 5.69 Å². The van der Waals surface area contributed by atoms with E-state index in [2.05, 4.69) is 9.72 Å². The van der Waals surface area contributed by atoms with Gasteiger partial charge < -0.3 is 4.74 Å². The van der Waals surface area contributed by atoms with Gasteiger partial charge >= 0.3 is 5.97 Å². The molecule has 3 nitrogen and oxygen atoms in total. The summed E-state index contributed by atoms with van der Waals surface area (Å²) in [4.78, 5) is 15.2. The SMILES string of the molecule is COC(=O)c1cc2c(F)ccc(C)c2c(Cl)n1. The summed E-state index contributed by atoms with van der Waals surface area (Å²) in [6.45, 7) is 1.80. The molecule has 0 saturated carbocycles. The third-order valence-corrected chi connectivity index (χ3v) is 2.77. The standard InChI is InChI=1S/C12H9ClFNO2/c1-6-3-4-8(14)7-5-9(12(16)17-2)15-11(13)10(6)7/h3-5H,1-2H3. The zero-order chi connectivity index (χ0) is 12.6. The number of ether oxygens (including phenoxy) is 1. The van der Waals surface area contributed by atoms with E-state index in [4.69, 9.17) is 11.6 Å². The van der Waals surface area contributed by atoms with Crippen molar-refractivity contribution < 1.29 is 13.9 Å². The molecule has 5 heteroatoms. The quantitative estimate of drug-likeness (QED) is 0.579. The largest absolute Gasteiger partial charge is 0.464 e. The van der Waals surface area contributed by atoms with Gasteiger partial charge in [-0.15, -0.1) is 0 Å². The molecule has 2 rings (SSSR count). The first-order chi connectivity index (χ1) is 8.04. The molecule has 1 aromatic heterocycles. The van der Waals surface area contributed by atoms with Crippen molar-refractivity contribution in [2.75, 3.05) is 7.11 Å². The minimum Gasteiger partial charge on any atom is -0.464 e. The highest BCUT2D eigenvalue weighted by molar-refractivity contribution is 6.34. The molecule has 0 fully saturated rings. The number of fused-ring (bicyclic) bond motifs is 1. The summed E-state index contributed by atoms with van der Waals surface area (Å²) in [5.74, 6) is -1.09. The van der Waals surface area contributed by atoms with Crippen LogP contribution in [0.4, 0.5) is 4.39 Å². The topological polar surface area (TPSA) is 39.2 Å². The predicted molar refractivity (Wildman–Crippen MR) is 62.8 cm³/mol. The lowest BCUT2D eigenvalue weighted by molar-refractivity contribution is 0.0594.